The number of carbonyl (C=O) groups excluding carboxylic acids is 1. The highest BCUT2D eigenvalue weighted by Gasteiger charge is 2.25. The monoisotopic (exact) mass is 445 g/mol. The molecule has 1 heterocycles. The number of guanidine groups is 1. The van der Waals surface area contributed by atoms with Crippen LogP contribution in [-0.2, 0) is 9.53 Å². The number of rotatable bonds is 6. The van der Waals surface area contributed by atoms with Gasteiger partial charge in [-0.1, -0.05) is 30.3 Å². The molecule has 134 valence electrons. The van der Waals surface area contributed by atoms with E-state index in [4.69, 9.17) is 0 Å². The van der Waals surface area contributed by atoms with Gasteiger partial charge in [-0.2, -0.15) is 0 Å². The van der Waals surface area contributed by atoms with E-state index in [0.29, 0.717) is 12.3 Å². The van der Waals surface area contributed by atoms with Crippen LogP contribution >= 0.6 is 24.0 Å². The number of unbranched alkanes of at least 4 members (excludes halogenated alkanes) is 1. The molecule has 0 radical (unpaired) electrons. The predicted molar refractivity (Wildman–Crippen MR) is 108 cm³/mol. The largest absolute Gasteiger partial charge is 0.469 e. The third-order valence-electron chi connectivity index (χ3n) is 4.29. The van der Waals surface area contributed by atoms with Gasteiger partial charge < -0.3 is 15.0 Å². The summed E-state index contributed by atoms with van der Waals surface area (Å²) in [6, 6.07) is 10.7. The molecule has 0 spiro atoms. The summed E-state index contributed by atoms with van der Waals surface area (Å²) in [7, 11) is 3.26. The number of hydrogen-bond acceptors (Lipinski definition) is 3. The molecule has 1 aliphatic heterocycles. The van der Waals surface area contributed by atoms with Crippen molar-refractivity contribution in [2.75, 3.05) is 33.8 Å². The van der Waals surface area contributed by atoms with E-state index < -0.39 is 0 Å². The minimum atomic E-state index is -0.139. The van der Waals surface area contributed by atoms with Crippen molar-refractivity contribution in [2.45, 2.75) is 31.6 Å². The van der Waals surface area contributed by atoms with Gasteiger partial charge in [0.05, 0.1) is 7.11 Å². The first-order valence-electron chi connectivity index (χ1n) is 8.32. The van der Waals surface area contributed by atoms with Crippen LogP contribution in [0.4, 0.5) is 0 Å². The lowest BCUT2D eigenvalue weighted by atomic mass is 9.99. The van der Waals surface area contributed by atoms with E-state index in [0.717, 1.165) is 44.9 Å². The van der Waals surface area contributed by atoms with Gasteiger partial charge in [0, 0.05) is 39.0 Å². The summed E-state index contributed by atoms with van der Waals surface area (Å²) in [6.45, 7) is 2.86. The van der Waals surface area contributed by atoms with Gasteiger partial charge in [0.15, 0.2) is 5.96 Å². The number of nitrogens with one attached hydrogen (secondary N) is 1. The average molecular weight is 445 g/mol. The zero-order chi connectivity index (χ0) is 16.5. The molecule has 1 unspecified atom stereocenters. The Balaban J connectivity index is 0.00000288. The van der Waals surface area contributed by atoms with Crippen LogP contribution in [0.1, 0.15) is 37.2 Å². The fraction of sp³-hybridized carbons (Fsp3) is 0.556. The molecule has 1 atom stereocenters. The number of esters is 1. The number of halogens is 1. The fourth-order valence-corrected chi connectivity index (χ4v) is 2.98. The second kappa shape index (κ2) is 11.3. The Morgan fingerprint density at radius 1 is 1.33 bits per heavy atom. The van der Waals surface area contributed by atoms with E-state index in [2.05, 4.69) is 50.3 Å². The van der Waals surface area contributed by atoms with Crippen molar-refractivity contribution >= 4 is 35.9 Å². The summed E-state index contributed by atoms with van der Waals surface area (Å²) in [5, 5.41) is 3.40. The van der Waals surface area contributed by atoms with Gasteiger partial charge >= 0.3 is 5.97 Å². The van der Waals surface area contributed by atoms with Crippen molar-refractivity contribution in [3.8, 4) is 0 Å². The number of likely N-dealkylation sites (tertiary alicyclic amines) is 1. The van der Waals surface area contributed by atoms with Crippen LogP contribution in [0.25, 0.3) is 0 Å². The highest BCUT2D eigenvalue weighted by molar-refractivity contribution is 14.0. The van der Waals surface area contributed by atoms with Crippen molar-refractivity contribution in [2.24, 2.45) is 4.99 Å². The van der Waals surface area contributed by atoms with Crippen LogP contribution in [0, 0.1) is 0 Å². The molecule has 0 aromatic heterocycles. The first-order valence-corrected chi connectivity index (χ1v) is 8.32. The number of hydrogen-bond donors (Lipinski definition) is 1. The molecule has 0 amide bonds. The highest BCUT2D eigenvalue weighted by atomic mass is 127. The second-order valence-corrected chi connectivity index (χ2v) is 5.85. The van der Waals surface area contributed by atoms with Gasteiger partial charge in [-0.3, -0.25) is 9.79 Å². The molecule has 0 aliphatic carbocycles. The van der Waals surface area contributed by atoms with Crippen molar-refractivity contribution in [3.05, 3.63) is 35.9 Å². The predicted octanol–water partition coefficient (Wildman–Crippen LogP) is 3.01. The molecule has 5 nitrogen and oxygen atoms in total. The van der Waals surface area contributed by atoms with Gasteiger partial charge in [-0.05, 0) is 24.8 Å². The lowest BCUT2D eigenvalue weighted by Crippen LogP contribution is -2.40. The molecule has 2 rings (SSSR count). The van der Waals surface area contributed by atoms with E-state index in [1.54, 1.807) is 0 Å². The van der Waals surface area contributed by atoms with Crippen molar-refractivity contribution in [1.29, 1.82) is 0 Å². The summed E-state index contributed by atoms with van der Waals surface area (Å²) < 4.78 is 4.64. The lowest BCUT2D eigenvalue weighted by Gasteiger charge is -2.21. The first-order chi connectivity index (χ1) is 11.2. The van der Waals surface area contributed by atoms with Crippen LogP contribution < -0.4 is 5.32 Å². The zero-order valence-corrected chi connectivity index (χ0v) is 16.9. The topological polar surface area (TPSA) is 53.9 Å². The normalized spacial score (nSPS) is 17.3. The van der Waals surface area contributed by atoms with Crippen LogP contribution in [0.5, 0.6) is 0 Å². The molecule has 24 heavy (non-hydrogen) atoms. The van der Waals surface area contributed by atoms with Gasteiger partial charge in [-0.25, -0.2) is 0 Å². The molecule has 1 aliphatic rings. The molecule has 1 aromatic rings. The molecule has 1 N–H and O–H groups in total. The number of benzene rings is 1. The Hall–Kier alpha value is -1.31. The lowest BCUT2D eigenvalue weighted by molar-refractivity contribution is -0.140. The summed E-state index contributed by atoms with van der Waals surface area (Å²) in [5.41, 5.74) is 1.41. The van der Waals surface area contributed by atoms with Gasteiger partial charge in [0.25, 0.3) is 0 Å². The molecule has 0 saturated carbocycles. The van der Waals surface area contributed by atoms with E-state index in [1.165, 1.54) is 12.7 Å². The maximum atomic E-state index is 11.1. The van der Waals surface area contributed by atoms with Gasteiger partial charge in [0.1, 0.15) is 0 Å². The number of aliphatic imine (C=N–C) groups is 1. The molecule has 6 heteroatoms. The van der Waals surface area contributed by atoms with E-state index in [9.17, 15) is 4.79 Å². The smallest absolute Gasteiger partial charge is 0.305 e. The average Bonchev–Trinajstić information content (AvgIpc) is 3.08. The van der Waals surface area contributed by atoms with Gasteiger partial charge in [-0.15, -0.1) is 24.0 Å². The zero-order valence-electron chi connectivity index (χ0n) is 14.5. The Bertz CT molecular complexity index is 522. The number of nitrogens with zero attached hydrogens (tertiary/aromatic N) is 2. The number of methoxy groups -OCH3 is 1. The maximum absolute atomic E-state index is 11.1. The van der Waals surface area contributed by atoms with E-state index in [1.807, 2.05) is 7.05 Å². The number of carbonyl (C=O) groups is 1. The molecule has 1 saturated heterocycles. The maximum Gasteiger partial charge on any atom is 0.305 e. The standard InChI is InChI=1S/C18H27N3O2.HI/c1-19-18(20-12-7-6-10-17(22)23-2)21-13-11-16(14-21)15-8-4-3-5-9-15;/h3-5,8-9,16H,6-7,10-14H2,1-2H3,(H,19,20);1H. The minimum Gasteiger partial charge on any atom is -0.469 e. The molecule has 0 bridgehead atoms. The van der Waals surface area contributed by atoms with Crippen LogP contribution in [0.15, 0.2) is 35.3 Å². The van der Waals surface area contributed by atoms with E-state index in [-0.39, 0.29) is 29.9 Å². The van der Waals surface area contributed by atoms with Crippen LogP contribution in [0.2, 0.25) is 0 Å². The molecule has 1 fully saturated rings. The molecule has 1 aromatic carbocycles. The van der Waals surface area contributed by atoms with Crippen molar-refractivity contribution < 1.29 is 9.53 Å². The van der Waals surface area contributed by atoms with E-state index >= 15 is 0 Å². The molecular formula is C18H28IN3O2. The van der Waals surface area contributed by atoms with Crippen LogP contribution in [-0.4, -0.2) is 50.6 Å². The van der Waals surface area contributed by atoms with Crippen LogP contribution in [0.3, 0.4) is 0 Å². The summed E-state index contributed by atoms with van der Waals surface area (Å²) in [5.74, 6) is 1.40. The Labute approximate surface area is 161 Å². The third-order valence-corrected chi connectivity index (χ3v) is 4.29. The third kappa shape index (κ3) is 6.30. The Morgan fingerprint density at radius 3 is 2.75 bits per heavy atom. The second-order valence-electron chi connectivity index (χ2n) is 5.85. The molecular weight excluding hydrogens is 417 g/mol. The summed E-state index contributed by atoms with van der Waals surface area (Å²) in [4.78, 5) is 17.8. The Morgan fingerprint density at radius 2 is 2.08 bits per heavy atom. The number of ether oxygens (including phenoxy) is 1. The van der Waals surface area contributed by atoms with Gasteiger partial charge in [0.2, 0.25) is 0 Å². The fourth-order valence-electron chi connectivity index (χ4n) is 2.98. The Kier molecular flexibility index (Phi) is 9.75. The quantitative estimate of drug-likeness (QED) is 0.241. The SMILES string of the molecule is CN=C(NCCCCC(=O)OC)N1CCC(c2ccccc2)C1.I. The minimum absolute atomic E-state index is 0. The highest BCUT2D eigenvalue weighted by Crippen LogP contribution is 2.26. The first kappa shape index (κ1) is 20.7. The van der Waals surface area contributed by atoms with Crippen molar-refractivity contribution in [3.63, 3.8) is 0 Å². The summed E-state index contributed by atoms with van der Waals surface area (Å²) >= 11 is 0. The van der Waals surface area contributed by atoms with Crippen molar-refractivity contribution in [1.82, 2.24) is 10.2 Å². The summed E-state index contributed by atoms with van der Waals surface area (Å²) in [6.07, 6.45) is 3.41.